The van der Waals surface area contributed by atoms with Crippen molar-refractivity contribution < 1.29 is 4.79 Å². The highest BCUT2D eigenvalue weighted by Gasteiger charge is 2.21. The molecule has 1 amide bonds. The monoisotopic (exact) mass is 396 g/mol. The van der Waals surface area contributed by atoms with Gasteiger partial charge in [0, 0.05) is 50.2 Å². The molecule has 3 aromatic heterocycles. The zero-order valence-electron chi connectivity index (χ0n) is 16.0. The van der Waals surface area contributed by atoms with Crippen molar-refractivity contribution in [2.24, 2.45) is 0 Å². The summed E-state index contributed by atoms with van der Waals surface area (Å²) in [5.74, 6) is 1.97. The van der Waals surface area contributed by atoms with Crippen LogP contribution in [0.15, 0.2) is 36.8 Å². The average molecular weight is 397 g/mol. The molecular weight excluding hydrogens is 372 g/mol. The SMILES string of the molecule is CCc1cc2c(NCCC(=O)N3CCN(c4ccccn4)CC3)ncnc2s1. The van der Waals surface area contributed by atoms with Crippen LogP contribution in [0.2, 0.25) is 0 Å². The number of nitrogens with zero attached hydrogens (tertiary/aromatic N) is 5. The molecule has 4 heterocycles. The Bertz CT molecular complexity index is 936. The molecule has 0 spiro atoms. The zero-order chi connectivity index (χ0) is 19.3. The summed E-state index contributed by atoms with van der Waals surface area (Å²) >= 11 is 1.70. The standard InChI is InChI=1S/C20H24N6OS/c1-2-15-13-16-19(23-14-24-20(16)28-15)22-8-6-18(27)26-11-9-25(10-12-26)17-5-3-4-7-21-17/h3-5,7,13-14H,2,6,8-12H2,1H3,(H,22,23,24). The first-order chi connectivity index (χ1) is 13.7. The zero-order valence-corrected chi connectivity index (χ0v) is 16.8. The van der Waals surface area contributed by atoms with Crippen molar-refractivity contribution in [2.45, 2.75) is 19.8 Å². The van der Waals surface area contributed by atoms with E-state index in [1.807, 2.05) is 23.1 Å². The first-order valence-corrected chi connectivity index (χ1v) is 10.5. The van der Waals surface area contributed by atoms with Crippen LogP contribution in [-0.4, -0.2) is 58.5 Å². The van der Waals surface area contributed by atoms with E-state index in [0.29, 0.717) is 13.0 Å². The molecule has 1 aliphatic rings. The number of nitrogens with one attached hydrogen (secondary N) is 1. The van der Waals surface area contributed by atoms with E-state index in [9.17, 15) is 4.79 Å². The van der Waals surface area contributed by atoms with Gasteiger partial charge in [-0.25, -0.2) is 15.0 Å². The number of hydrogen-bond donors (Lipinski definition) is 1. The lowest BCUT2D eigenvalue weighted by molar-refractivity contribution is -0.131. The normalized spacial score (nSPS) is 14.5. The second-order valence-corrected chi connectivity index (χ2v) is 7.86. The lowest BCUT2D eigenvalue weighted by Crippen LogP contribution is -2.49. The van der Waals surface area contributed by atoms with E-state index in [1.54, 1.807) is 23.9 Å². The molecule has 1 saturated heterocycles. The van der Waals surface area contributed by atoms with Crippen LogP contribution in [0, 0.1) is 0 Å². The molecule has 146 valence electrons. The molecule has 1 fully saturated rings. The van der Waals surface area contributed by atoms with Gasteiger partial charge >= 0.3 is 0 Å². The van der Waals surface area contributed by atoms with Crippen LogP contribution < -0.4 is 10.2 Å². The Labute approximate surface area is 168 Å². The Balaban J connectivity index is 1.28. The predicted molar refractivity (Wildman–Crippen MR) is 113 cm³/mol. The average Bonchev–Trinajstić information content (AvgIpc) is 3.19. The van der Waals surface area contributed by atoms with Crippen molar-refractivity contribution in [1.29, 1.82) is 0 Å². The number of aromatic nitrogens is 3. The van der Waals surface area contributed by atoms with E-state index in [2.05, 4.69) is 38.2 Å². The van der Waals surface area contributed by atoms with Gasteiger partial charge < -0.3 is 15.1 Å². The van der Waals surface area contributed by atoms with E-state index in [-0.39, 0.29) is 5.91 Å². The van der Waals surface area contributed by atoms with Crippen molar-refractivity contribution in [3.05, 3.63) is 41.7 Å². The molecule has 0 bridgehead atoms. The van der Waals surface area contributed by atoms with Crippen molar-refractivity contribution in [3.63, 3.8) is 0 Å². The Morgan fingerprint density at radius 3 is 2.79 bits per heavy atom. The summed E-state index contributed by atoms with van der Waals surface area (Å²) in [4.78, 5) is 32.1. The number of thiophene rings is 1. The highest BCUT2D eigenvalue weighted by atomic mass is 32.1. The Kier molecular flexibility index (Phi) is 5.66. The number of aryl methyl sites for hydroxylation is 1. The fourth-order valence-electron chi connectivity index (χ4n) is 3.39. The minimum atomic E-state index is 0.179. The van der Waals surface area contributed by atoms with Crippen molar-refractivity contribution in [1.82, 2.24) is 19.9 Å². The van der Waals surface area contributed by atoms with Crippen LogP contribution in [0.25, 0.3) is 10.2 Å². The molecule has 1 aliphatic heterocycles. The second kappa shape index (κ2) is 8.52. The van der Waals surface area contributed by atoms with Crippen LogP contribution in [-0.2, 0) is 11.2 Å². The highest BCUT2D eigenvalue weighted by Crippen LogP contribution is 2.28. The minimum Gasteiger partial charge on any atom is -0.369 e. The summed E-state index contributed by atoms with van der Waals surface area (Å²) in [5, 5.41) is 4.36. The molecule has 0 aliphatic carbocycles. The largest absolute Gasteiger partial charge is 0.369 e. The summed E-state index contributed by atoms with van der Waals surface area (Å²) in [5.41, 5.74) is 0. The van der Waals surface area contributed by atoms with Gasteiger partial charge in [-0.1, -0.05) is 13.0 Å². The molecule has 0 unspecified atom stereocenters. The van der Waals surface area contributed by atoms with Crippen LogP contribution in [0.1, 0.15) is 18.2 Å². The number of piperazine rings is 1. The van der Waals surface area contributed by atoms with Gasteiger partial charge in [0.2, 0.25) is 5.91 Å². The van der Waals surface area contributed by atoms with E-state index in [4.69, 9.17) is 0 Å². The van der Waals surface area contributed by atoms with Gasteiger partial charge in [0.05, 0.1) is 5.39 Å². The number of fused-ring (bicyclic) bond motifs is 1. The molecule has 0 saturated carbocycles. The first kappa shape index (κ1) is 18.6. The maximum absolute atomic E-state index is 12.6. The van der Waals surface area contributed by atoms with Crippen molar-refractivity contribution >= 4 is 39.1 Å². The van der Waals surface area contributed by atoms with Gasteiger partial charge in [0.15, 0.2) is 0 Å². The summed E-state index contributed by atoms with van der Waals surface area (Å²) in [6.07, 6.45) is 4.84. The molecule has 3 aromatic rings. The molecule has 7 nitrogen and oxygen atoms in total. The summed E-state index contributed by atoms with van der Waals surface area (Å²) < 4.78 is 0. The first-order valence-electron chi connectivity index (χ1n) is 9.65. The van der Waals surface area contributed by atoms with Crippen LogP contribution in [0.4, 0.5) is 11.6 Å². The number of carbonyl (C=O) groups excluding carboxylic acids is 1. The molecule has 0 radical (unpaired) electrons. The van der Waals surface area contributed by atoms with E-state index < -0.39 is 0 Å². The van der Waals surface area contributed by atoms with Gasteiger partial charge in [0.1, 0.15) is 22.8 Å². The maximum Gasteiger partial charge on any atom is 0.224 e. The molecular formula is C20H24N6OS. The van der Waals surface area contributed by atoms with Gasteiger partial charge in [-0.2, -0.15) is 0 Å². The Morgan fingerprint density at radius 1 is 1.18 bits per heavy atom. The smallest absolute Gasteiger partial charge is 0.224 e. The molecule has 0 aromatic carbocycles. The molecule has 28 heavy (non-hydrogen) atoms. The topological polar surface area (TPSA) is 74.2 Å². The number of pyridine rings is 1. The minimum absolute atomic E-state index is 0.179. The fraction of sp³-hybridized carbons (Fsp3) is 0.400. The number of rotatable bonds is 6. The number of hydrogen-bond acceptors (Lipinski definition) is 7. The molecule has 4 rings (SSSR count). The van der Waals surface area contributed by atoms with Gasteiger partial charge in [-0.05, 0) is 24.6 Å². The lowest BCUT2D eigenvalue weighted by Gasteiger charge is -2.35. The third kappa shape index (κ3) is 4.06. The van der Waals surface area contributed by atoms with Crippen molar-refractivity contribution in [2.75, 3.05) is 42.9 Å². The van der Waals surface area contributed by atoms with Gasteiger partial charge in [0.25, 0.3) is 0 Å². The Morgan fingerprint density at radius 2 is 2.04 bits per heavy atom. The quantitative estimate of drug-likeness (QED) is 0.691. The summed E-state index contributed by atoms with van der Waals surface area (Å²) in [6, 6.07) is 8.06. The third-order valence-corrected chi connectivity index (χ3v) is 6.15. The lowest BCUT2D eigenvalue weighted by atomic mass is 10.2. The Hall–Kier alpha value is -2.74. The van der Waals surface area contributed by atoms with Crippen LogP contribution >= 0.6 is 11.3 Å². The van der Waals surface area contributed by atoms with E-state index >= 15 is 0 Å². The molecule has 0 atom stereocenters. The second-order valence-electron chi connectivity index (χ2n) is 6.74. The predicted octanol–water partition coefficient (Wildman–Crippen LogP) is 2.80. The van der Waals surface area contributed by atoms with Gasteiger partial charge in [-0.15, -0.1) is 11.3 Å². The number of anilines is 2. The van der Waals surface area contributed by atoms with E-state index in [1.165, 1.54) is 4.88 Å². The fourth-order valence-corrected chi connectivity index (χ4v) is 4.33. The molecule has 1 N–H and O–H groups in total. The highest BCUT2D eigenvalue weighted by molar-refractivity contribution is 7.18. The van der Waals surface area contributed by atoms with E-state index in [0.717, 1.165) is 54.5 Å². The van der Waals surface area contributed by atoms with Crippen LogP contribution in [0.3, 0.4) is 0 Å². The van der Waals surface area contributed by atoms with Crippen LogP contribution in [0.5, 0.6) is 0 Å². The summed E-state index contributed by atoms with van der Waals surface area (Å²) in [6.45, 7) is 5.81. The van der Waals surface area contributed by atoms with Gasteiger partial charge in [-0.3, -0.25) is 4.79 Å². The maximum atomic E-state index is 12.6. The number of carbonyl (C=O) groups is 1. The third-order valence-electron chi connectivity index (χ3n) is 4.97. The number of amides is 1. The van der Waals surface area contributed by atoms with Crippen molar-refractivity contribution in [3.8, 4) is 0 Å². The summed E-state index contributed by atoms with van der Waals surface area (Å²) in [7, 11) is 0. The molecule has 8 heteroatoms.